The van der Waals surface area contributed by atoms with Crippen molar-refractivity contribution in [3.8, 4) is 0 Å². The molecule has 1 aromatic rings. The van der Waals surface area contributed by atoms with Crippen LogP contribution in [0.5, 0.6) is 0 Å². The Morgan fingerprint density at radius 3 is 2.59 bits per heavy atom. The maximum Gasteiger partial charge on any atom is 0.253 e. The van der Waals surface area contributed by atoms with Crippen molar-refractivity contribution in [1.82, 2.24) is 4.90 Å². The molecule has 1 unspecified atom stereocenters. The van der Waals surface area contributed by atoms with Crippen LogP contribution in [0, 0.1) is 6.92 Å². The molecule has 0 radical (unpaired) electrons. The molecule has 0 aliphatic heterocycles. The molecule has 4 heteroatoms. The summed E-state index contributed by atoms with van der Waals surface area (Å²) in [6, 6.07) is 5.78. The van der Waals surface area contributed by atoms with Crippen LogP contribution in [0.25, 0.3) is 0 Å². The summed E-state index contributed by atoms with van der Waals surface area (Å²) in [5.74, 6) is 0.0718. The summed E-state index contributed by atoms with van der Waals surface area (Å²) in [6.07, 6.45) is 0.954. The van der Waals surface area contributed by atoms with Gasteiger partial charge in [-0.25, -0.2) is 0 Å². The fourth-order valence-electron chi connectivity index (χ4n) is 1.55. The molecule has 0 aromatic heterocycles. The van der Waals surface area contributed by atoms with E-state index in [2.05, 4.69) is 38.8 Å². The third-order valence-corrected chi connectivity index (χ3v) is 3.41. The molecule has 0 aliphatic rings. The lowest BCUT2D eigenvalue weighted by Crippen LogP contribution is -2.28. The molecule has 0 heterocycles. The normalized spacial score (nSPS) is 12.3. The second-order valence-corrected chi connectivity index (χ2v) is 6.79. The predicted octanol–water partition coefficient (Wildman–Crippen LogP) is 4.00. The van der Waals surface area contributed by atoms with Crippen LogP contribution in [0.15, 0.2) is 22.7 Å². The smallest absolute Gasteiger partial charge is 0.253 e. The Kier molecular flexibility index (Phi) is 5.67. The zero-order chi connectivity index (χ0) is 13.0. The van der Waals surface area contributed by atoms with E-state index in [1.165, 1.54) is 0 Å². The number of benzene rings is 1. The number of carbonyl (C=O) groups is 1. The van der Waals surface area contributed by atoms with E-state index in [-0.39, 0.29) is 5.91 Å². The zero-order valence-corrected chi connectivity index (χ0v) is 13.5. The quantitative estimate of drug-likeness (QED) is 0.741. The molecule has 0 fully saturated rings. The van der Waals surface area contributed by atoms with E-state index in [1.807, 2.05) is 32.2 Å². The lowest BCUT2D eigenvalue weighted by Gasteiger charge is -2.18. The number of nitrogens with zero attached hydrogens (tertiary/aromatic N) is 1. The van der Waals surface area contributed by atoms with Gasteiger partial charge in [-0.3, -0.25) is 4.79 Å². The van der Waals surface area contributed by atoms with E-state index in [1.54, 1.807) is 4.90 Å². The molecule has 0 bridgehead atoms. The van der Waals surface area contributed by atoms with Crippen LogP contribution >= 0.6 is 31.9 Å². The van der Waals surface area contributed by atoms with Crippen LogP contribution in [-0.4, -0.2) is 29.2 Å². The Hall–Kier alpha value is -0.350. The molecule has 1 amide bonds. The lowest BCUT2D eigenvalue weighted by atomic mass is 10.1. The van der Waals surface area contributed by atoms with Crippen molar-refractivity contribution in [2.24, 2.45) is 0 Å². The number of amides is 1. The Morgan fingerprint density at radius 1 is 1.41 bits per heavy atom. The van der Waals surface area contributed by atoms with Gasteiger partial charge in [0.05, 0.1) is 0 Å². The van der Waals surface area contributed by atoms with Gasteiger partial charge >= 0.3 is 0 Å². The Balaban J connectivity index is 2.74. The van der Waals surface area contributed by atoms with Gasteiger partial charge in [-0.05, 0) is 37.1 Å². The summed E-state index contributed by atoms with van der Waals surface area (Å²) >= 11 is 6.90. The molecule has 94 valence electrons. The Bertz CT molecular complexity index is 384. The number of aryl methyl sites for hydroxylation is 1. The number of hydrogen-bond donors (Lipinski definition) is 0. The Labute approximate surface area is 120 Å². The molecule has 2 nitrogen and oxygen atoms in total. The summed E-state index contributed by atoms with van der Waals surface area (Å²) in [7, 11) is 1.84. The second-order valence-electron chi connectivity index (χ2n) is 4.31. The van der Waals surface area contributed by atoms with Crippen LogP contribution < -0.4 is 0 Å². The highest BCUT2D eigenvalue weighted by atomic mass is 79.9. The lowest BCUT2D eigenvalue weighted by molar-refractivity contribution is 0.0794. The Morgan fingerprint density at radius 2 is 2.06 bits per heavy atom. The third-order valence-electron chi connectivity index (χ3n) is 2.50. The summed E-state index contributed by atoms with van der Waals surface area (Å²) in [6.45, 7) is 4.83. The van der Waals surface area contributed by atoms with Gasteiger partial charge in [-0.1, -0.05) is 38.8 Å². The maximum absolute atomic E-state index is 12.2. The largest absolute Gasteiger partial charge is 0.342 e. The van der Waals surface area contributed by atoms with E-state index < -0.39 is 0 Å². The fourth-order valence-corrected chi connectivity index (χ4v) is 2.37. The van der Waals surface area contributed by atoms with E-state index >= 15 is 0 Å². The van der Waals surface area contributed by atoms with Crippen molar-refractivity contribution in [3.63, 3.8) is 0 Å². The molecule has 17 heavy (non-hydrogen) atoms. The molecule has 0 N–H and O–H groups in total. The fraction of sp³-hybridized carbons (Fsp3) is 0.462. The van der Waals surface area contributed by atoms with Crippen LogP contribution in [0.3, 0.4) is 0 Å². The number of halogens is 2. The van der Waals surface area contributed by atoms with Gasteiger partial charge in [-0.2, -0.15) is 0 Å². The highest BCUT2D eigenvalue weighted by Gasteiger charge is 2.12. The van der Waals surface area contributed by atoms with Gasteiger partial charge in [0.2, 0.25) is 0 Å². The minimum absolute atomic E-state index is 0.0718. The molecule has 0 aliphatic carbocycles. The van der Waals surface area contributed by atoms with Crippen LogP contribution in [0.4, 0.5) is 0 Å². The van der Waals surface area contributed by atoms with Crippen molar-refractivity contribution in [2.45, 2.75) is 25.1 Å². The molecular formula is C13H17Br2NO. The van der Waals surface area contributed by atoms with Crippen LogP contribution in [-0.2, 0) is 0 Å². The topological polar surface area (TPSA) is 20.3 Å². The number of carbonyl (C=O) groups excluding carboxylic acids is 1. The molecule has 0 spiro atoms. The van der Waals surface area contributed by atoms with Gasteiger partial charge in [0.25, 0.3) is 5.91 Å². The summed E-state index contributed by atoms with van der Waals surface area (Å²) in [5.41, 5.74) is 1.83. The molecule has 0 saturated heterocycles. The third kappa shape index (κ3) is 4.80. The van der Waals surface area contributed by atoms with Gasteiger partial charge in [0.15, 0.2) is 0 Å². The van der Waals surface area contributed by atoms with Crippen molar-refractivity contribution >= 4 is 37.8 Å². The average molecular weight is 363 g/mol. The van der Waals surface area contributed by atoms with Gasteiger partial charge < -0.3 is 4.90 Å². The van der Waals surface area contributed by atoms with Gasteiger partial charge in [0.1, 0.15) is 0 Å². The SMILES string of the molecule is Cc1cc(Br)cc(C(=O)N(C)CCC(C)Br)c1. The highest BCUT2D eigenvalue weighted by molar-refractivity contribution is 9.10. The van der Waals surface area contributed by atoms with Gasteiger partial charge in [0, 0.05) is 28.5 Å². The molecule has 1 atom stereocenters. The molecule has 1 rings (SSSR count). The standard InChI is InChI=1S/C13H17Br2NO/c1-9-6-11(8-12(15)7-9)13(17)16(3)5-4-10(2)14/h6-8,10H,4-5H2,1-3H3. The first-order valence-corrected chi connectivity index (χ1v) is 7.27. The predicted molar refractivity (Wildman–Crippen MR) is 78.8 cm³/mol. The van der Waals surface area contributed by atoms with Crippen LogP contribution in [0.2, 0.25) is 0 Å². The van der Waals surface area contributed by atoms with Crippen molar-refractivity contribution in [1.29, 1.82) is 0 Å². The summed E-state index contributed by atoms with van der Waals surface area (Å²) in [5, 5.41) is 0. The van der Waals surface area contributed by atoms with E-state index in [9.17, 15) is 4.79 Å². The monoisotopic (exact) mass is 361 g/mol. The number of alkyl halides is 1. The minimum Gasteiger partial charge on any atom is -0.342 e. The first-order chi connectivity index (χ1) is 7.90. The van der Waals surface area contributed by atoms with Crippen molar-refractivity contribution < 1.29 is 4.79 Å². The molecule has 0 saturated carbocycles. The molecule has 1 aromatic carbocycles. The van der Waals surface area contributed by atoms with E-state index in [0.29, 0.717) is 4.83 Å². The minimum atomic E-state index is 0.0718. The zero-order valence-electron chi connectivity index (χ0n) is 10.3. The van der Waals surface area contributed by atoms with Crippen molar-refractivity contribution in [2.75, 3.05) is 13.6 Å². The second kappa shape index (κ2) is 6.55. The number of hydrogen-bond acceptors (Lipinski definition) is 1. The maximum atomic E-state index is 12.2. The van der Waals surface area contributed by atoms with Crippen molar-refractivity contribution in [3.05, 3.63) is 33.8 Å². The first kappa shape index (κ1) is 14.7. The van der Waals surface area contributed by atoms with Crippen LogP contribution in [0.1, 0.15) is 29.3 Å². The first-order valence-electron chi connectivity index (χ1n) is 5.57. The van der Waals surface area contributed by atoms with Gasteiger partial charge in [-0.15, -0.1) is 0 Å². The molecular weight excluding hydrogens is 346 g/mol. The summed E-state index contributed by atoms with van der Waals surface area (Å²) < 4.78 is 0.947. The number of rotatable bonds is 4. The highest BCUT2D eigenvalue weighted by Crippen LogP contribution is 2.17. The average Bonchev–Trinajstić information content (AvgIpc) is 2.23. The van der Waals surface area contributed by atoms with E-state index in [0.717, 1.165) is 28.6 Å². The summed E-state index contributed by atoms with van der Waals surface area (Å²) in [4.78, 5) is 14.3. The van der Waals surface area contributed by atoms with E-state index in [4.69, 9.17) is 0 Å².